The average molecular weight is 132 g/mol. The van der Waals surface area contributed by atoms with Crippen LogP contribution in [0.1, 0.15) is 6.92 Å². The van der Waals surface area contributed by atoms with Gasteiger partial charge in [-0.05, 0) is 6.92 Å². The van der Waals surface area contributed by atoms with E-state index in [-0.39, 0.29) is 0 Å². The van der Waals surface area contributed by atoms with Crippen molar-refractivity contribution in [3.05, 3.63) is 0 Å². The molecule has 0 aromatic heterocycles. The lowest BCUT2D eigenvalue weighted by Crippen LogP contribution is -2.33. The number of carbonyl (C=O) groups is 1. The lowest BCUT2D eigenvalue weighted by Gasteiger charge is -2.14. The van der Waals surface area contributed by atoms with Gasteiger partial charge in [0.15, 0.2) is 0 Å². The number of hydrogen-bond acceptors (Lipinski definition) is 2. The van der Waals surface area contributed by atoms with Crippen molar-refractivity contribution in [2.24, 2.45) is 5.73 Å². The summed E-state index contributed by atoms with van der Waals surface area (Å²) in [5.74, 6) is 0. The first-order valence-corrected chi connectivity index (χ1v) is 2.90. The second-order valence-electron chi connectivity index (χ2n) is 1.65. The molecule has 0 rings (SSSR count). The number of rotatable bonds is 3. The molecule has 0 aromatic carbocycles. The quantitative estimate of drug-likeness (QED) is 0.565. The van der Waals surface area contributed by atoms with Gasteiger partial charge in [-0.1, -0.05) is 0 Å². The molecule has 4 nitrogen and oxygen atoms in total. The highest BCUT2D eigenvalue weighted by Gasteiger charge is 2.05. The molecule has 0 aliphatic carbocycles. The Balaban J connectivity index is 3.54. The fraction of sp³-hybridized carbons (Fsp3) is 0.800. The van der Waals surface area contributed by atoms with Gasteiger partial charge in [-0.2, -0.15) is 0 Å². The zero-order valence-corrected chi connectivity index (χ0v) is 5.50. The molecule has 0 fully saturated rings. The molecule has 54 valence electrons. The summed E-state index contributed by atoms with van der Waals surface area (Å²) in [6.07, 6.45) is -0.900. The van der Waals surface area contributed by atoms with Crippen molar-refractivity contribution < 1.29 is 9.90 Å². The number of hydrogen-bond donors (Lipinski definition) is 2. The molecular formula is C5H12N2O2. The molecule has 0 heterocycles. The molecule has 1 amide bonds. The van der Waals surface area contributed by atoms with Crippen molar-refractivity contribution >= 4 is 6.09 Å². The molecule has 0 bridgehead atoms. The van der Waals surface area contributed by atoms with Crippen molar-refractivity contribution in [3.63, 3.8) is 0 Å². The van der Waals surface area contributed by atoms with E-state index in [1.807, 2.05) is 0 Å². The lowest BCUT2D eigenvalue weighted by atomic mass is 10.5. The predicted molar refractivity (Wildman–Crippen MR) is 34.3 cm³/mol. The Bertz CT molecular complexity index is 95.0. The fourth-order valence-electron chi connectivity index (χ4n) is 0.545. The molecule has 0 atom stereocenters. The highest BCUT2D eigenvalue weighted by Crippen LogP contribution is 1.84. The summed E-state index contributed by atoms with van der Waals surface area (Å²) >= 11 is 0. The van der Waals surface area contributed by atoms with E-state index in [9.17, 15) is 4.79 Å². The van der Waals surface area contributed by atoms with E-state index < -0.39 is 6.09 Å². The Labute approximate surface area is 54.3 Å². The minimum Gasteiger partial charge on any atom is -0.465 e. The summed E-state index contributed by atoms with van der Waals surface area (Å²) in [5.41, 5.74) is 5.14. The zero-order chi connectivity index (χ0) is 7.28. The van der Waals surface area contributed by atoms with Crippen molar-refractivity contribution in [2.45, 2.75) is 6.92 Å². The van der Waals surface area contributed by atoms with Crippen LogP contribution in [0.25, 0.3) is 0 Å². The second kappa shape index (κ2) is 4.14. The number of likely N-dealkylation sites (N-methyl/N-ethyl adjacent to an activating group) is 1. The smallest absolute Gasteiger partial charge is 0.407 e. The number of nitrogens with zero attached hydrogens (tertiary/aromatic N) is 1. The van der Waals surface area contributed by atoms with E-state index >= 15 is 0 Å². The molecule has 0 aromatic rings. The average Bonchev–Trinajstić information content (AvgIpc) is 1.82. The minimum atomic E-state index is -0.900. The highest BCUT2D eigenvalue weighted by molar-refractivity contribution is 5.64. The molecule has 0 aliphatic heterocycles. The van der Waals surface area contributed by atoms with Crippen LogP contribution in [0.5, 0.6) is 0 Å². The van der Waals surface area contributed by atoms with E-state index in [1.54, 1.807) is 6.92 Å². The van der Waals surface area contributed by atoms with E-state index in [1.165, 1.54) is 4.90 Å². The third kappa shape index (κ3) is 2.92. The third-order valence-electron chi connectivity index (χ3n) is 1.05. The Kier molecular flexibility index (Phi) is 3.79. The molecule has 0 saturated carbocycles. The summed E-state index contributed by atoms with van der Waals surface area (Å²) in [7, 11) is 0. The summed E-state index contributed by atoms with van der Waals surface area (Å²) in [5, 5.41) is 8.37. The van der Waals surface area contributed by atoms with Crippen LogP contribution in [0.3, 0.4) is 0 Å². The van der Waals surface area contributed by atoms with E-state index in [0.29, 0.717) is 19.6 Å². The SMILES string of the molecule is CCN(CCN)C(=O)O. The Hall–Kier alpha value is -0.770. The fourth-order valence-corrected chi connectivity index (χ4v) is 0.545. The molecule has 3 N–H and O–H groups in total. The molecule has 0 spiro atoms. The van der Waals surface area contributed by atoms with Gasteiger partial charge in [-0.25, -0.2) is 4.79 Å². The molecule has 9 heavy (non-hydrogen) atoms. The summed E-state index contributed by atoms with van der Waals surface area (Å²) in [6, 6.07) is 0. The Morgan fingerprint density at radius 1 is 1.78 bits per heavy atom. The maximum Gasteiger partial charge on any atom is 0.407 e. The Morgan fingerprint density at radius 3 is 2.44 bits per heavy atom. The van der Waals surface area contributed by atoms with E-state index in [0.717, 1.165) is 0 Å². The van der Waals surface area contributed by atoms with Gasteiger partial charge in [-0.15, -0.1) is 0 Å². The monoisotopic (exact) mass is 132 g/mol. The van der Waals surface area contributed by atoms with Crippen molar-refractivity contribution in [3.8, 4) is 0 Å². The van der Waals surface area contributed by atoms with E-state index in [4.69, 9.17) is 10.8 Å². The summed E-state index contributed by atoms with van der Waals surface area (Å²) in [6.45, 7) is 3.10. The molecule has 0 radical (unpaired) electrons. The van der Waals surface area contributed by atoms with Gasteiger partial charge in [0.05, 0.1) is 0 Å². The standard InChI is InChI=1S/C5H12N2O2/c1-2-7(4-3-6)5(8)9/h2-4,6H2,1H3,(H,8,9). The van der Waals surface area contributed by atoms with Gasteiger partial charge in [0.25, 0.3) is 0 Å². The van der Waals surface area contributed by atoms with Crippen molar-refractivity contribution in [2.75, 3.05) is 19.6 Å². The number of amides is 1. The maximum atomic E-state index is 10.2. The summed E-state index contributed by atoms with van der Waals surface area (Å²) in [4.78, 5) is 11.5. The van der Waals surface area contributed by atoms with Crippen LogP contribution < -0.4 is 5.73 Å². The maximum absolute atomic E-state index is 10.2. The van der Waals surface area contributed by atoms with Crippen LogP contribution in [0.4, 0.5) is 4.79 Å². The van der Waals surface area contributed by atoms with Gasteiger partial charge in [0.2, 0.25) is 0 Å². The first-order valence-electron chi connectivity index (χ1n) is 2.90. The van der Waals surface area contributed by atoms with Crippen LogP contribution in [0.15, 0.2) is 0 Å². The summed E-state index contributed by atoms with van der Waals surface area (Å²) < 4.78 is 0. The van der Waals surface area contributed by atoms with Gasteiger partial charge in [0.1, 0.15) is 0 Å². The van der Waals surface area contributed by atoms with Crippen LogP contribution in [0, 0.1) is 0 Å². The molecule has 0 saturated heterocycles. The molecule has 0 unspecified atom stereocenters. The Morgan fingerprint density at radius 2 is 2.33 bits per heavy atom. The van der Waals surface area contributed by atoms with Gasteiger partial charge in [-0.3, -0.25) is 0 Å². The number of carboxylic acid groups (broad SMARTS) is 1. The normalized spacial score (nSPS) is 9.11. The largest absolute Gasteiger partial charge is 0.465 e. The van der Waals surface area contributed by atoms with Crippen LogP contribution in [-0.2, 0) is 0 Å². The second-order valence-corrected chi connectivity index (χ2v) is 1.65. The first kappa shape index (κ1) is 8.23. The zero-order valence-electron chi connectivity index (χ0n) is 5.50. The lowest BCUT2D eigenvalue weighted by molar-refractivity contribution is 0.149. The van der Waals surface area contributed by atoms with Gasteiger partial charge < -0.3 is 15.7 Å². The molecule has 4 heteroatoms. The van der Waals surface area contributed by atoms with Gasteiger partial charge >= 0.3 is 6.09 Å². The van der Waals surface area contributed by atoms with Crippen molar-refractivity contribution in [1.29, 1.82) is 0 Å². The van der Waals surface area contributed by atoms with Crippen LogP contribution >= 0.6 is 0 Å². The molecule has 0 aliphatic rings. The minimum absolute atomic E-state index is 0.389. The third-order valence-corrected chi connectivity index (χ3v) is 1.05. The van der Waals surface area contributed by atoms with Crippen LogP contribution in [-0.4, -0.2) is 35.7 Å². The highest BCUT2D eigenvalue weighted by atomic mass is 16.4. The predicted octanol–water partition coefficient (Wildman–Crippen LogP) is -0.0550. The molecular weight excluding hydrogens is 120 g/mol. The van der Waals surface area contributed by atoms with Crippen molar-refractivity contribution in [1.82, 2.24) is 4.90 Å². The first-order chi connectivity index (χ1) is 4.22. The topological polar surface area (TPSA) is 66.6 Å². The van der Waals surface area contributed by atoms with E-state index in [2.05, 4.69) is 0 Å². The van der Waals surface area contributed by atoms with Crippen LogP contribution in [0.2, 0.25) is 0 Å². The van der Waals surface area contributed by atoms with Gasteiger partial charge in [0, 0.05) is 19.6 Å². The number of nitrogens with two attached hydrogens (primary N) is 1.